The summed E-state index contributed by atoms with van der Waals surface area (Å²) in [7, 11) is 1.66. The lowest BCUT2D eigenvalue weighted by Crippen LogP contribution is -2.43. The van der Waals surface area contributed by atoms with E-state index in [0.717, 1.165) is 59.6 Å². The van der Waals surface area contributed by atoms with Gasteiger partial charge in [0.15, 0.2) is 5.65 Å². The van der Waals surface area contributed by atoms with Crippen molar-refractivity contribution in [2.45, 2.75) is 52.5 Å². The number of piperidine rings is 1. The predicted octanol–water partition coefficient (Wildman–Crippen LogP) is 5.40. The van der Waals surface area contributed by atoms with Gasteiger partial charge in [-0.25, -0.2) is 9.97 Å². The molecule has 0 aliphatic carbocycles. The Hall–Kier alpha value is -3.15. The fourth-order valence-electron chi connectivity index (χ4n) is 4.35. The molecule has 1 aliphatic rings. The number of hydrogen-bond acceptors (Lipinski definition) is 5. The van der Waals surface area contributed by atoms with E-state index in [1.165, 1.54) is 6.42 Å². The van der Waals surface area contributed by atoms with Crippen molar-refractivity contribution in [1.82, 2.24) is 14.9 Å². The summed E-state index contributed by atoms with van der Waals surface area (Å²) < 4.78 is 5.34. The van der Waals surface area contributed by atoms with Crippen molar-refractivity contribution in [3.8, 4) is 5.75 Å². The Kier molecular flexibility index (Phi) is 6.07. The van der Waals surface area contributed by atoms with Crippen LogP contribution >= 0.6 is 0 Å². The molecular formula is C25H30N4O2. The Labute approximate surface area is 183 Å². The largest absolute Gasteiger partial charge is 0.497 e. The number of rotatable bonds is 5. The molecule has 1 aliphatic heterocycles. The van der Waals surface area contributed by atoms with Crippen molar-refractivity contribution >= 4 is 28.3 Å². The van der Waals surface area contributed by atoms with E-state index in [1.807, 2.05) is 49.1 Å². The minimum absolute atomic E-state index is 0.0372. The summed E-state index contributed by atoms with van der Waals surface area (Å²) in [6, 6.07) is 10.1. The maximum atomic E-state index is 13.7. The topological polar surface area (TPSA) is 67.4 Å². The van der Waals surface area contributed by atoms with Crippen LogP contribution in [-0.2, 0) is 0 Å². The standard InChI is InChI=1S/C25H30N4O2/c1-5-18-8-6-7-13-29(18)25(30)21-15-26-24-20(11-9-17(3)27-24)23(21)28-22-12-10-19(31-4)14-16(22)2/h9-12,14-15,18H,5-8,13H2,1-4H3,(H,26,27,28)/t18-/m1/s1. The summed E-state index contributed by atoms with van der Waals surface area (Å²) in [6.07, 6.45) is 5.93. The molecule has 1 saturated heterocycles. The van der Waals surface area contributed by atoms with Crippen LogP contribution in [0.4, 0.5) is 11.4 Å². The van der Waals surface area contributed by atoms with Crippen molar-refractivity contribution in [3.05, 3.63) is 53.3 Å². The Morgan fingerprint density at radius 2 is 2.06 bits per heavy atom. The van der Waals surface area contributed by atoms with Gasteiger partial charge in [-0.05, 0) is 75.4 Å². The van der Waals surface area contributed by atoms with Crippen LogP contribution in [-0.4, -0.2) is 40.5 Å². The molecule has 6 nitrogen and oxygen atoms in total. The minimum Gasteiger partial charge on any atom is -0.497 e. The Morgan fingerprint density at radius 1 is 1.23 bits per heavy atom. The summed E-state index contributed by atoms with van der Waals surface area (Å²) in [4.78, 5) is 24.8. The lowest BCUT2D eigenvalue weighted by molar-refractivity contribution is 0.0609. The zero-order valence-electron chi connectivity index (χ0n) is 18.7. The number of ether oxygens (including phenoxy) is 1. The van der Waals surface area contributed by atoms with Crippen LogP contribution in [0.25, 0.3) is 11.0 Å². The van der Waals surface area contributed by atoms with Gasteiger partial charge in [0, 0.05) is 35.6 Å². The van der Waals surface area contributed by atoms with Gasteiger partial charge in [-0.15, -0.1) is 0 Å². The second-order valence-corrected chi connectivity index (χ2v) is 8.23. The molecule has 2 aromatic heterocycles. The highest BCUT2D eigenvalue weighted by Crippen LogP contribution is 2.33. The van der Waals surface area contributed by atoms with Crippen molar-refractivity contribution in [2.24, 2.45) is 0 Å². The first kappa shape index (κ1) is 21.1. The fraction of sp³-hybridized carbons (Fsp3) is 0.400. The number of nitrogens with one attached hydrogen (secondary N) is 1. The highest BCUT2D eigenvalue weighted by atomic mass is 16.5. The van der Waals surface area contributed by atoms with Crippen LogP contribution in [0.5, 0.6) is 5.75 Å². The van der Waals surface area contributed by atoms with Crippen molar-refractivity contribution in [2.75, 3.05) is 19.0 Å². The van der Waals surface area contributed by atoms with E-state index in [1.54, 1.807) is 13.3 Å². The number of aryl methyl sites for hydroxylation is 2. The van der Waals surface area contributed by atoms with E-state index >= 15 is 0 Å². The van der Waals surface area contributed by atoms with Crippen molar-refractivity contribution in [3.63, 3.8) is 0 Å². The summed E-state index contributed by atoms with van der Waals surface area (Å²) in [5.74, 6) is 0.838. The highest BCUT2D eigenvalue weighted by molar-refractivity contribution is 6.07. The third-order valence-electron chi connectivity index (χ3n) is 6.15. The van der Waals surface area contributed by atoms with E-state index in [4.69, 9.17) is 4.74 Å². The van der Waals surface area contributed by atoms with Crippen LogP contribution in [0.15, 0.2) is 36.5 Å². The van der Waals surface area contributed by atoms with E-state index in [-0.39, 0.29) is 11.9 Å². The van der Waals surface area contributed by atoms with Crippen LogP contribution < -0.4 is 10.1 Å². The molecule has 0 bridgehead atoms. The zero-order chi connectivity index (χ0) is 22.0. The molecule has 6 heteroatoms. The molecule has 4 rings (SSSR count). The molecule has 162 valence electrons. The molecule has 3 heterocycles. The van der Waals surface area contributed by atoms with E-state index in [9.17, 15) is 4.79 Å². The average molecular weight is 419 g/mol. The van der Waals surface area contributed by atoms with Gasteiger partial charge in [0.2, 0.25) is 0 Å². The number of carbonyl (C=O) groups is 1. The molecule has 1 atom stereocenters. The van der Waals surface area contributed by atoms with Gasteiger partial charge < -0.3 is 15.0 Å². The molecule has 1 amide bonds. The third kappa shape index (κ3) is 4.20. The molecule has 0 spiro atoms. The molecule has 0 unspecified atom stereocenters. The molecule has 0 radical (unpaired) electrons. The third-order valence-corrected chi connectivity index (χ3v) is 6.15. The number of amides is 1. The smallest absolute Gasteiger partial charge is 0.257 e. The molecule has 1 aromatic carbocycles. The number of hydrogen-bond donors (Lipinski definition) is 1. The number of pyridine rings is 2. The first-order valence-electron chi connectivity index (χ1n) is 11.0. The number of aromatic nitrogens is 2. The average Bonchev–Trinajstić information content (AvgIpc) is 2.79. The normalized spacial score (nSPS) is 16.4. The minimum atomic E-state index is 0.0372. The Balaban J connectivity index is 1.82. The SMILES string of the molecule is CC[C@@H]1CCCCN1C(=O)c1cnc2nc(C)ccc2c1Nc1ccc(OC)cc1C. The number of fused-ring (bicyclic) bond motifs is 1. The van der Waals surface area contributed by atoms with Gasteiger partial charge in [0.25, 0.3) is 5.91 Å². The molecule has 0 saturated carbocycles. The van der Waals surface area contributed by atoms with Crippen LogP contribution in [0.2, 0.25) is 0 Å². The fourth-order valence-corrected chi connectivity index (χ4v) is 4.35. The van der Waals surface area contributed by atoms with Gasteiger partial charge in [0.1, 0.15) is 5.75 Å². The Morgan fingerprint density at radius 3 is 2.81 bits per heavy atom. The number of likely N-dealkylation sites (tertiary alicyclic amines) is 1. The number of carbonyl (C=O) groups excluding carboxylic acids is 1. The van der Waals surface area contributed by atoms with Gasteiger partial charge in [-0.3, -0.25) is 4.79 Å². The second-order valence-electron chi connectivity index (χ2n) is 8.23. The van der Waals surface area contributed by atoms with Crippen molar-refractivity contribution < 1.29 is 9.53 Å². The van der Waals surface area contributed by atoms with Gasteiger partial charge >= 0.3 is 0 Å². The van der Waals surface area contributed by atoms with E-state index in [2.05, 4.69) is 22.2 Å². The molecule has 3 aromatic rings. The quantitative estimate of drug-likeness (QED) is 0.601. The maximum absolute atomic E-state index is 13.7. The monoisotopic (exact) mass is 418 g/mol. The van der Waals surface area contributed by atoms with E-state index < -0.39 is 0 Å². The van der Waals surface area contributed by atoms with Gasteiger partial charge in [-0.1, -0.05) is 6.92 Å². The van der Waals surface area contributed by atoms with Gasteiger partial charge in [-0.2, -0.15) is 0 Å². The first-order chi connectivity index (χ1) is 15.0. The lowest BCUT2D eigenvalue weighted by atomic mass is 9.98. The molecule has 1 fully saturated rings. The van der Waals surface area contributed by atoms with Crippen molar-refractivity contribution in [1.29, 1.82) is 0 Å². The molecule has 31 heavy (non-hydrogen) atoms. The van der Waals surface area contributed by atoms with E-state index in [0.29, 0.717) is 11.2 Å². The summed E-state index contributed by atoms with van der Waals surface area (Å²) in [6.45, 7) is 6.92. The first-order valence-corrected chi connectivity index (χ1v) is 11.0. The lowest BCUT2D eigenvalue weighted by Gasteiger charge is -2.35. The maximum Gasteiger partial charge on any atom is 0.257 e. The van der Waals surface area contributed by atoms with Crippen LogP contribution in [0, 0.1) is 13.8 Å². The van der Waals surface area contributed by atoms with Crippen LogP contribution in [0.1, 0.15) is 54.2 Å². The number of anilines is 2. The second kappa shape index (κ2) is 8.92. The number of nitrogens with zero attached hydrogens (tertiary/aromatic N) is 3. The highest BCUT2D eigenvalue weighted by Gasteiger charge is 2.29. The summed E-state index contributed by atoms with van der Waals surface area (Å²) in [5.41, 5.74) is 4.84. The number of methoxy groups -OCH3 is 1. The predicted molar refractivity (Wildman–Crippen MR) is 124 cm³/mol. The Bertz CT molecular complexity index is 1110. The molecule has 1 N–H and O–H groups in total. The van der Waals surface area contributed by atoms with Gasteiger partial charge in [0.05, 0.1) is 18.4 Å². The zero-order valence-corrected chi connectivity index (χ0v) is 18.7. The summed E-state index contributed by atoms with van der Waals surface area (Å²) in [5, 5.41) is 4.37. The summed E-state index contributed by atoms with van der Waals surface area (Å²) >= 11 is 0. The number of benzene rings is 1. The van der Waals surface area contributed by atoms with Crippen LogP contribution in [0.3, 0.4) is 0 Å². The molecular weight excluding hydrogens is 388 g/mol.